The van der Waals surface area contributed by atoms with Crippen molar-refractivity contribution in [2.24, 2.45) is 11.3 Å². The second-order valence-electron chi connectivity index (χ2n) is 6.32. The fourth-order valence-corrected chi connectivity index (χ4v) is 3.33. The number of amides is 1. The normalized spacial score (nSPS) is 22.2. The van der Waals surface area contributed by atoms with Gasteiger partial charge in [0.1, 0.15) is 5.75 Å². The molecular weight excluding hydrogens is 362 g/mol. The number of hydrogen-bond acceptors (Lipinski definition) is 3. The van der Waals surface area contributed by atoms with Crippen LogP contribution in [0.1, 0.15) is 27.2 Å². The summed E-state index contributed by atoms with van der Waals surface area (Å²) in [4.78, 5) is 25.9. The minimum Gasteiger partial charge on any atom is -0.481 e. The average Bonchev–Trinajstić information content (AvgIpc) is 2.95. The van der Waals surface area contributed by atoms with E-state index in [1.165, 1.54) is 0 Å². The highest BCUT2D eigenvalue weighted by atomic mass is 79.9. The Balaban J connectivity index is 2.07. The van der Waals surface area contributed by atoms with Gasteiger partial charge in [-0.1, -0.05) is 26.0 Å². The summed E-state index contributed by atoms with van der Waals surface area (Å²) in [7, 11) is 0. The molecule has 1 heterocycles. The summed E-state index contributed by atoms with van der Waals surface area (Å²) in [5, 5.41) is 9.57. The number of hydrogen-bond donors (Lipinski definition) is 1. The third-order valence-electron chi connectivity index (χ3n) is 4.63. The highest BCUT2D eigenvalue weighted by Crippen LogP contribution is 2.38. The van der Waals surface area contributed by atoms with Gasteiger partial charge in [-0.05, 0) is 47.3 Å². The lowest BCUT2D eigenvalue weighted by molar-refractivity contribution is -0.151. The van der Waals surface area contributed by atoms with Crippen molar-refractivity contribution in [1.82, 2.24) is 4.90 Å². The van der Waals surface area contributed by atoms with Crippen LogP contribution in [0.15, 0.2) is 28.7 Å². The zero-order chi connectivity index (χ0) is 17.2. The van der Waals surface area contributed by atoms with Crippen LogP contribution in [-0.2, 0) is 9.59 Å². The maximum atomic E-state index is 12.6. The Morgan fingerprint density at radius 1 is 1.30 bits per heavy atom. The van der Waals surface area contributed by atoms with Gasteiger partial charge >= 0.3 is 5.97 Å². The number of rotatable bonds is 5. The quantitative estimate of drug-likeness (QED) is 0.847. The number of carboxylic acids is 1. The number of ether oxygens (including phenoxy) is 1. The highest BCUT2D eigenvalue weighted by molar-refractivity contribution is 9.10. The number of benzene rings is 1. The molecule has 2 rings (SSSR count). The summed E-state index contributed by atoms with van der Waals surface area (Å²) in [5.41, 5.74) is -0.858. The molecule has 23 heavy (non-hydrogen) atoms. The fourth-order valence-electron chi connectivity index (χ4n) is 2.95. The van der Waals surface area contributed by atoms with Crippen molar-refractivity contribution in [1.29, 1.82) is 0 Å². The smallest absolute Gasteiger partial charge is 0.311 e. The molecule has 1 N–H and O–H groups in total. The zero-order valence-electron chi connectivity index (χ0n) is 13.6. The van der Waals surface area contributed by atoms with Gasteiger partial charge in [-0.3, -0.25) is 9.59 Å². The Labute approximate surface area is 144 Å². The van der Waals surface area contributed by atoms with Crippen LogP contribution in [0.4, 0.5) is 0 Å². The maximum absolute atomic E-state index is 12.6. The summed E-state index contributed by atoms with van der Waals surface area (Å²) in [6, 6.07) is 7.33. The number of carboxylic acid groups (broad SMARTS) is 1. The number of carbonyl (C=O) groups is 2. The standard InChI is InChI=1S/C17H22BrNO4/c1-11(2)17(16(21)22)8-9-19(10-17)15(20)12(3)23-14-7-5-4-6-13(14)18/h4-7,11-12H,8-10H2,1-3H3,(H,21,22). The van der Waals surface area contributed by atoms with Crippen LogP contribution in [0.3, 0.4) is 0 Å². The van der Waals surface area contributed by atoms with E-state index in [0.717, 1.165) is 4.47 Å². The van der Waals surface area contributed by atoms with E-state index in [1.54, 1.807) is 17.9 Å². The SMILES string of the molecule is CC(Oc1ccccc1Br)C(=O)N1CCC(C(=O)O)(C(C)C)C1. The molecule has 0 saturated carbocycles. The van der Waals surface area contributed by atoms with E-state index >= 15 is 0 Å². The van der Waals surface area contributed by atoms with Crippen molar-refractivity contribution in [3.63, 3.8) is 0 Å². The first-order chi connectivity index (χ1) is 10.8. The van der Waals surface area contributed by atoms with Crippen LogP contribution in [0, 0.1) is 11.3 Å². The number of likely N-dealkylation sites (tertiary alicyclic amines) is 1. The molecule has 1 saturated heterocycles. The minimum absolute atomic E-state index is 0.0303. The van der Waals surface area contributed by atoms with Crippen molar-refractivity contribution in [3.05, 3.63) is 28.7 Å². The molecule has 1 aromatic rings. The van der Waals surface area contributed by atoms with Crippen LogP contribution in [0.2, 0.25) is 0 Å². The number of aliphatic carboxylic acids is 1. The molecule has 1 aliphatic heterocycles. The molecule has 0 bridgehead atoms. The van der Waals surface area contributed by atoms with Gasteiger partial charge in [0, 0.05) is 13.1 Å². The van der Waals surface area contributed by atoms with Gasteiger partial charge in [-0.2, -0.15) is 0 Å². The molecule has 0 aliphatic carbocycles. The van der Waals surface area contributed by atoms with Gasteiger partial charge in [-0.25, -0.2) is 0 Å². The van der Waals surface area contributed by atoms with E-state index < -0.39 is 17.5 Å². The lowest BCUT2D eigenvalue weighted by atomic mass is 9.76. The van der Waals surface area contributed by atoms with Crippen LogP contribution >= 0.6 is 15.9 Å². The Hall–Kier alpha value is -1.56. The number of halogens is 1. The molecule has 2 atom stereocenters. The van der Waals surface area contributed by atoms with Gasteiger partial charge in [0.2, 0.25) is 0 Å². The van der Waals surface area contributed by atoms with Gasteiger partial charge in [0.05, 0.1) is 9.89 Å². The van der Waals surface area contributed by atoms with E-state index in [1.807, 2.05) is 32.0 Å². The van der Waals surface area contributed by atoms with Crippen molar-refractivity contribution < 1.29 is 19.4 Å². The van der Waals surface area contributed by atoms with Crippen LogP contribution in [-0.4, -0.2) is 41.1 Å². The van der Waals surface area contributed by atoms with Crippen molar-refractivity contribution in [3.8, 4) is 5.75 Å². The van der Waals surface area contributed by atoms with E-state index in [4.69, 9.17) is 4.74 Å². The number of para-hydroxylation sites is 1. The molecule has 0 radical (unpaired) electrons. The molecule has 1 aliphatic rings. The highest BCUT2D eigenvalue weighted by Gasteiger charge is 2.49. The van der Waals surface area contributed by atoms with Crippen molar-refractivity contribution in [2.45, 2.75) is 33.3 Å². The van der Waals surface area contributed by atoms with Crippen LogP contribution in [0.5, 0.6) is 5.75 Å². The zero-order valence-corrected chi connectivity index (χ0v) is 15.2. The molecule has 6 heteroatoms. The molecule has 2 unspecified atom stereocenters. The third-order valence-corrected chi connectivity index (χ3v) is 5.29. The number of nitrogens with zero attached hydrogens (tertiary/aromatic N) is 1. The molecule has 1 fully saturated rings. The van der Waals surface area contributed by atoms with E-state index in [9.17, 15) is 14.7 Å². The molecule has 5 nitrogen and oxygen atoms in total. The Bertz CT molecular complexity index is 604. The molecule has 0 aromatic heterocycles. The van der Waals surface area contributed by atoms with Crippen LogP contribution in [0.25, 0.3) is 0 Å². The average molecular weight is 384 g/mol. The second kappa shape index (κ2) is 6.91. The summed E-state index contributed by atoms with van der Waals surface area (Å²) in [6.07, 6.45) is -0.182. The van der Waals surface area contributed by atoms with Gasteiger partial charge in [-0.15, -0.1) is 0 Å². The minimum atomic E-state index is -0.858. The summed E-state index contributed by atoms with van der Waals surface area (Å²) in [5.74, 6) is -0.440. The largest absolute Gasteiger partial charge is 0.481 e. The first-order valence-electron chi connectivity index (χ1n) is 7.71. The Morgan fingerprint density at radius 3 is 2.48 bits per heavy atom. The van der Waals surface area contributed by atoms with E-state index in [2.05, 4.69) is 15.9 Å². The molecular formula is C17H22BrNO4. The molecule has 0 spiro atoms. The van der Waals surface area contributed by atoms with E-state index in [-0.39, 0.29) is 18.4 Å². The summed E-state index contributed by atoms with van der Waals surface area (Å²) >= 11 is 3.39. The Kier molecular flexibility index (Phi) is 5.34. The Morgan fingerprint density at radius 2 is 1.96 bits per heavy atom. The monoisotopic (exact) mass is 383 g/mol. The second-order valence-corrected chi connectivity index (χ2v) is 7.17. The molecule has 1 amide bonds. The molecule has 1 aromatic carbocycles. The van der Waals surface area contributed by atoms with Crippen molar-refractivity contribution in [2.75, 3.05) is 13.1 Å². The summed E-state index contributed by atoms with van der Waals surface area (Å²) in [6.45, 7) is 6.17. The van der Waals surface area contributed by atoms with Gasteiger partial charge < -0.3 is 14.7 Å². The van der Waals surface area contributed by atoms with Crippen molar-refractivity contribution >= 4 is 27.8 Å². The van der Waals surface area contributed by atoms with Crippen LogP contribution < -0.4 is 4.74 Å². The lowest BCUT2D eigenvalue weighted by Gasteiger charge is -2.29. The number of carbonyl (C=O) groups excluding carboxylic acids is 1. The predicted molar refractivity (Wildman–Crippen MR) is 90.3 cm³/mol. The topological polar surface area (TPSA) is 66.8 Å². The van der Waals surface area contributed by atoms with Gasteiger partial charge in [0.15, 0.2) is 6.10 Å². The summed E-state index contributed by atoms with van der Waals surface area (Å²) < 4.78 is 6.50. The molecule has 126 valence electrons. The van der Waals surface area contributed by atoms with E-state index in [0.29, 0.717) is 18.7 Å². The first kappa shape index (κ1) is 17.8. The first-order valence-corrected chi connectivity index (χ1v) is 8.50. The fraction of sp³-hybridized carbons (Fsp3) is 0.529. The van der Waals surface area contributed by atoms with Gasteiger partial charge in [0.25, 0.3) is 5.91 Å². The predicted octanol–water partition coefficient (Wildman–Crippen LogP) is 3.18. The maximum Gasteiger partial charge on any atom is 0.311 e. The lowest BCUT2D eigenvalue weighted by Crippen LogP contribution is -2.44. The third kappa shape index (κ3) is 3.52.